The van der Waals surface area contributed by atoms with Crippen molar-refractivity contribution in [3.63, 3.8) is 0 Å². The van der Waals surface area contributed by atoms with Gasteiger partial charge in [-0.05, 0) is 86.0 Å². The summed E-state index contributed by atoms with van der Waals surface area (Å²) in [5.74, 6) is 0.0686. The predicted molar refractivity (Wildman–Crippen MR) is 200 cm³/mol. The molecule has 0 atom stereocenters. The molecule has 0 unspecified atom stereocenters. The van der Waals surface area contributed by atoms with Crippen LogP contribution < -0.4 is 10.9 Å². The van der Waals surface area contributed by atoms with Crippen molar-refractivity contribution < 1.29 is 14.3 Å². The zero-order valence-corrected chi connectivity index (χ0v) is 29.4. The number of carbonyl (C=O) groups is 2. The number of nitrogens with one attached hydrogen (secondary N) is 2. The lowest BCUT2D eigenvalue weighted by molar-refractivity contribution is 0.0547. The number of hydrogen-bond acceptors (Lipinski definition) is 6. The molecule has 0 aliphatic carbocycles. The van der Waals surface area contributed by atoms with Gasteiger partial charge < -0.3 is 15.0 Å². The van der Waals surface area contributed by atoms with E-state index < -0.39 is 17.3 Å². The summed E-state index contributed by atoms with van der Waals surface area (Å²) < 4.78 is 7.28. The molecule has 0 fully saturated rings. The van der Waals surface area contributed by atoms with E-state index in [2.05, 4.69) is 15.1 Å². The number of hydrogen-bond donors (Lipinski definition) is 2. The maximum atomic E-state index is 13.4. The van der Waals surface area contributed by atoms with Gasteiger partial charge in [0.2, 0.25) is 0 Å². The minimum atomic E-state index is -0.712. The van der Waals surface area contributed by atoms with Gasteiger partial charge in [0.05, 0.1) is 33.5 Å². The molecule has 9 nitrogen and oxygen atoms in total. The molecule has 2 N–H and O–H groups in total. The van der Waals surface area contributed by atoms with Crippen LogP contribution in [0.4, 0.5) is 16.2 Å². The van der Waals surface area contributed by atoms with Crippen LogP contribution in [0, 0.1) is 6.57 Å². The van der Waals surface area contributed by atoms with Crippen molar-refractivity contribution in [2.75, 3.05) is 5.32 Å². The third-order valence-electron chi connectivity index (χ3n) is 7.45. The summed E-state index contributed by atoms with van der Waals surface area (Å²) in [6, 6.07) is 28.6. The molecule has 6 aromatic rings. The van der Waals surface area contributed by atoms with E-state index in [9.17, 15) is 14.4 Å². The lowest BCUT2D eigenvalue weighted by Gasteiger charge is -2.21. The molecule has 0 radical (unpaired) electrons. The monoisotopic (exact) mass is 721 g/mol. The molecule has 2 aromatic heterocycles. The number of aromatic amines is 1. The van der Waals surface area contributed by atoms with Crippen LogP contribution in [0.1, 0.15) is 36.7 Å². The number of anilines is 1. The van der Waals surface area contributed by atoms with E-state index in [0.29, 0.717) is 49.5 Å². The van der Waals surface area contributed by atoms with E-state index >= 15 is 0 Å². The summed E-state index contributed by atoms with van der Waals surface area (Å²) in [5, 5.41) is 4.67. The van der Waals surface area contributed by atoms with E-state index in [0.717, 1.165) is 10.9 Å². The summed E-state index contributed by atoms with van der Waals surface area (Å²) in [4.78, 5) is 50.3. The smallest absolute Gasteiger partial charge is 0.419 e. The largest absolute Gasteiger partial charge is 0.443 e. The molecule has 0 spiro atoms. The number of amides is 1. The Hall–Kier alpha value is -5.34. The maximum absolute atomic E-state index is 13.4. The molecule has 0 bridgehead atoms. The molecule has 12 heteroatoms. The summed E-state index contributed by atoms with van der Waals surface area (Å²) in [6.45, 7) is 13.2. The van der Waals surface area contributed by atoms with Crippen molar-refractivity contribution in [2.45, 2.75) is 37.3 Å². The minimum absolute atomic E-state index is 0.147. The summed E-state index contributed by atoms with van der Waals surface area (Å²) in [7, 11) is 0. The van der Waals surface area contributed by atoms with Crippen LogP contribution in [0.5, 0.6) is 0 Å². The summed E-state index contributed by atoms with van der Waals surface area (Å²) in [6.07, 6.45) is -0.521. The average Bonchev–Trinajstić information content (AvgIpc) is 3.48. The number of aromatic nitrogens is 3. The molecule has 50 heavy (non-hydrogen) atoms. The number of benzene rings is 4. The number of thioether (sulfide) groups is 1. The second kappa shape index (κ2) is 14.3. The van der Waals surface area contributed by atoms with E-state index in [1.807, 2.05) is 75.4 Å². The Kier molecular flexibility index (Phi) is 9.84. The molecule has 2 heterocycles. The Labute approximate surface area is 302 Å². The third kappa shape index (κ3) is 7.61. The first-order chi connectivity index (χ1) is 23.9. The molecule has 0 aliphatic heterocycles. The zero-order valence-electron chi connectivity index (χ0n) is 27.1. The van der Waals surface area contributed by atoms with Gasteiger partial charge in [0.25, 0.3) is 17.2 Å². The first kappa shape index (κ1) is 34.5. The number of carbonyl (C=O) groups excluding carboxylic acids is 2. The molecular weight excluding hydrogens is 693 g/mol. The fourth-order valence-electron chi connectivity index (χ4n) is 5.25. The van der Waals surface area contributed by atoms with Crippen LogP contribution in [-0.4, -0.2) is 32.1 Å². The third-order valence-corrected chi connectivity index (χ3v) is 9.13. The molecule has 6 rings (SSSR count). The number of nitrogens with zero attached hydrogens (tertiary/aromatic N) is 3. The highest BCUT2D eigenvalue weighted by Gasteiger charge is 2.23. The highest BCUT2D eigenvalue weighted by atomic mass is 35.5. The normalized spacial score (nSPS) is 11.3. The van der Waals surface area contributed by atoms with Crippen LogP contribution in [0.25, 0.3) is 38.3 Å². The number of ether oxygens (including phenoxy) is 1. The Bertz CT molecular complexity index is 2390. The predicted octanol–water partition coefficient (Wildman–Crippen LogP) is 10.2. The number of halogens is 2. The number of H-pyrrole nitrogens is 1. The van der Waals surface area contributed by atoms with Gasteiger partial charge in [-0.25, -0.2) is 19.2 Å². The van der Waals surface area contributed by atoms with E-state index in [-0.39, 0.29) is 22.3 Å². The molecule has 0 saturated carbocycles. The van der Waals surface area contributed by atoms with Gasteiger partial charge in [-0.15, -0.1) is 0 Å². The Morgan fingerprint density at radius 3 is 2.46 bits per heavy atom. The topological polar surface area (TPSA) is 110 Å². The SMILES string of the molecule is [C-]#[N+]c1c(-c2cccc(-c3cc4ccccc4n3C(=O)OC(C)(C)C)c2)nc(SCc2cccc(NC(=O)c3ccc(Cl)c(Cl)c3)c2)[nH]c1=O. The second-order valence-corrected chi connectivity index (χ2v) is 14.0. The number of fused-ring (bicyclic) bond motifs is 1. The molecule has 1 amide bonds. The first-order valence-corrected chi connectivity index (χ1v) is 17.1. The standard InChI is InChI=1S/C38H29Cl2N5O4S/c1-38(2,3)49-37(48)45-30-14-6-5-10-24(30)20-31(45)23-11-8-12-25(18-23)32-33(41-4)35(47)44-36(43-32)50-21-22-9-7-13-27(17-22)42-34(46)26-15-16-28(39)29(40)19-26/h5-20H,21H2,1-3H3,(H,42,46)(H,43,44,47). The second-order valence-electron chi connectivity index (χ2n) is 12.2. The zero-order chi connectivity index (χ0) is 35.6. The Morgan fingerprint density at radius 2 is 1.70 bits per heavy atom. The molecule has 0 aliphatic rings. The van der Waals surface area contributed by atoms with Crippen molar-refractivity contribution in [3.8, 4) is 22.5 Å². The molecule has 250 valence electrons. The molecule has 4 aromatic carbocycles. The van der Waals surface area contributed by atoms with Gasteiger partial charge >= 0.3 is 6.09 Å². The van der Waals surface area contributed by atoms with Crippen LogP contribution in [-0.2, 0) is 10.5 Å². The number of para-hydroxylation sites is 1. The maximum Gasteiger partial charge on any atom is 0.419 e. The lowest BCUT2D eigenvalue weighted by Crippen LogP contribution is -2.27. The number of rotatable bonds is 7. The fraction of sp³-hybridized carbons (Fsp3) is 0.132. The van der Waals surface area contributed by atoms with Gasteiger partial charge in [-0.1, -0.05) is 83.5 Å². The van der Waals surface area contributed by atoms with Gasteiger partial charge in [0.1, 0.15) is 5.60 Å². The van der Waals surface area contributed by atoms with Crippen molar-refractivity contribution >= 4 is 69.2 Å². The van der Waals surface area contributed by atoms with Gasteiger partial charge in [-0.3, -0.25) is 9.59 Å². The minimum Gasteiger partial charge on any atom is -0.443 e. The van der Waals surface area contributed by atoms with E-state index in [1.165, 1.54) is 22.4 Å². The molecule has 0 saturated heterocycles. The van der Waals surface area contributed by atoms with Gasteiger partial charge in [0, 0.05) is 22.4 Å². The van der Waals surface area contributed by atoms with Crippen molar-refractivity contribution in [3.05, 3.63) is 140 Å². The summed E-state index contributed by atoms with van der Waals surface area (Å²) in [5.41, 5.74) is 3.09. The van der Waals surface area contributed by atoms with E-state index in [1.54, 1.807) is 36.4 Å². The van der Waals surface area contributed by atoms with Gasteiger partial charge in [0.15, 0.2) is 5.16 Å². The average molecular weight is 723 g/mol. The van der Waals surface area contributed by atoms with Crippen LogP contribution >= 0.6 is 35.0 Å². The van der Waals surface area contributed by atoms with Crippen molar-refractivity contribution in [1.82, 2.24) is 14.5 Å². The highest BCUT2D eigenvalue weighted by Crippen LogP contribution is 2.34. The van der Waals surface area contributed by atoms with Crippen LogP contribution in [0.3, 0.4) is 0 Å². The van der Waals surface area contributed by atoms with Crippen molar-refractivity contribution in [2.24, 2.45) is 0 Å². The quantitative estimate of drug-likeness (QED) is 0.0964. The lowest BCUT2D eigenvalue weighted by atomic mass is 10.0. The highest BCUT2D eigenvalue weighted by molar-refractivity contribution is 7.98. The Balaban J connectivity index is 1.28. The van der Waals surface area contributed by atoms with Crippen LogP contribution in [0.15, 0.2) is 107 Å². The first-order valence-electron chi connectivity index (χ1n) is 15.3. The molecular formula is C38H29Cl2N5O4S. The van der Waals surface area contributed by atoms with E-state index in [4.69, 9.17) is 39.5 Å². The fourth-order valence-corrected chi connectivity index (χ4v) is 6.35. The summed E-state index contributed by atoms with van der Waals surface area (Å²) >= 11 is 13.3. The van der Waals surface area contributed by atoms with Crippen LogP contribution in [0.2, 0.25) is 10.0 Å². The van der Waals surface area contributed by atoms with Gasteiger partial charge in [-0.2, -0.15) is 0 Å². The van der Waals surface area contributed by atoms with Crippen molar-refractivity contribution in [1.29, 1.82) is 0 Å². The Morgan fingerprint density at radius 1 is 0.940 bits per heavy atom.